The Balaban J connectivity index is 1.65. The van der Waals surface area contributed by atoms with Crippen LogP contribution in [0.3, 0.4) is 0 Å². The first kappa shape index (κ1) is 25.6. The standard InChI is InChI=1S/C26H26N6O3S/c27-31-29-16-22-24(33-17-19-10-4-1-5-11-19)25(34-18-20-12-6-2-7-13-20)23(30-32-28)26(35-22)36-21-14-8-3-9-15-21/h1-15,22-26H,16-18H2/t22?,23?,24-,25?,26-/m1/s1. The maximum atomic E-state index is 9.44. The molecular weight excluding hydrogens is 476 g/mol. The van der Waals surface area contributed by atoms with Gasteiger partial charge in [0.15, 0.2) is 0 Å². The van der Waals surface area contributed by atoms with Crippen LogP contribution in [0.1, 0.15) is 11.1 Å². The lowest BCUT2D eigenvalue weighted by molar-refractivity contribution is -0.195. The van der Waals surface area contributed by atoms with E-state index in [9.17, 15) is 5.53 Å². The van der Waals surface area contributed by atoms with Crippen molar-refractivity contribution in [1.82, 2.24) is 0 Å². The number of nitrogens with zero attached hydrogens (tertiary/aromatic N) is 6. The highest BCUT2D eigenvalue weighted by molar-refractivity contribution is 7.99. The van der Waals surface area contributed by atoms with Crippen molar-refractivity contribution < 1.29 is 14.2 Å². The normalized spacial score (nSPS) is 23.3. The van der Waals surface area contributed by atoms with E-state index in [4.69, 9.17) is 19.7 Å². The van der Waals surface area contributed by atoms with Gasteiger partial charge in [-0.25, -0.2) is 0 Å². The van der Waals surface area contributed by atoms with Gasteiger partial charge < -0.3 is 14.2 Å². The molecule has 0 amide bonds. The molecule has 10 heteroatoms. The molecule has 1 aliphatic rings. The van der Waals surface area contributed by atoms with Crippen LogP contribution in [-0.2, 0) is 27.4 Å². The van der Waals surface area contributed by atoms with E-state index in [1.165, 1.54) is 11.8 Å². The first-order chi connectivity index (χ1) is 17.8. The van der Waals surface area contributed by atoms with Crippen LogP contribution in [-0.4, -0.2) is 36.3 Å². The second-order valence-electron chi connectivity index (χ2n) is 8.11. The van der Waals surface area contributed by atoms with Gasteiger partial charge in [-0.05, 0) is 34.3 Å². The van der Waals surface area contributed by atoms with Crippen molar-refractivity contribution in [1.29, 1.82) is 0 Å². The van der Waals surface area contributed by atoms with Gasteiger partial charge in [-0.2, -0.15) is 0 Å². The number of hydrogen-bond donors (Lipinski definition) is 0. The molecule has 1 heterocycles. The molecule has 1 fully saturated rings. The Bertz CT molecular complexity index is 1170. The Kier molecular flexibility index (Phi) is 9.64. The summed E-state index contributed by atoms with van der Waals surface area (Å²) in [6.45, 7) is 0.646. The largest absolute Gasteiger partial charge is 0.370 e. The van der Waals surface area contributed by atoms with Crippen molar-refractivity contribution in [3.63, 3.8) is 0 Å². The second-order valence-corrected chi connectivity index (χ2v) is 9.28. The van der Waals surface area contributed by atoms with Gasteiger partial charge in [0.25, 0.3) is 0 Å². The number of ether oxygens (including phenoxy) is 3. The lowest BCUT2D eigenvalue weighted by atomic mass is 9.97. The van der Waals surface area contributed by atoms with Gasteiger partial charge in [-0.1, -0.05) is 101 Å². The SMILES string of the molecule is [N-]=[N+]=NCC1O[C@H](Sc2ccccc2)C(N=[N+]=[N-])C(OCc2ccccc2)[C@@H]1OCc1ccccc1. The van der Waals surface area contributed by atoms with Crippen LogP contribution in [0.15, 0.2) is 106 Å². The highest BCUT2D eigenvalue weighted by Gasteiger charge is 2.47. The van der Waals surface area contributed by atoms with E-state index >= 15 is 0 Å². The number of thioether (sulfide) groups is 1. The van der Waals surface area contributed by atoms with E-state index < -0.39 is 29.8 Å². The van der Waals surface area contributed by atoms with Gasteiger partial charge in [-0.3, -0.25) is 0 Å². The molecule has 5 atom stereocenters. The fourth-order valence-corrected chi connectivity index (χ4v) is 5.12. The van der Waals surface area contributed by atoms with E-state index in [1.54, 1.807) is 0 Å². The van der Waals surface area contributed by atoms with E-state index in [1.807, 2.05) is 91.0 Å². The first-order valence-electron chi connectivity index (χ1n) is 11.5. The summed E-state index contributed by atoms with van der Waals surface area (Å²) in [6, 6.07) is 28.5. The summed E-state index contributed by atoms with van der Waals surface area (Å²) in [7, 11) is 0. The van der Waals surface area contributed by atoms with Crippen LogP contribution in [0.4, 0.5) is 0 Å². The van der Waals surface area contributed by atoms with Gasteiger partial charge in [-0.15, -0.1) is 0 Å². The maximum Gasteiger partial charge on any atom is 0.119 e. The number of benzene rings is 3. The number of rotatable bonds is 11. The van der Waals surface area contributed by atoms with E-state index in [0.29, 0.717) is 13.2 Å². The highest BCUT2D eigenvalue weighted by Crippen LogP contribution is 2.38. The molecule has 9 nitrogen and oxygen atoms in total. The molecule has 0 aliphatic carbocycles. The summed E-state index contributed by atoms with van der Waals surface area (Å²) in [5.74, 6) is 0. The fraction of sp³-hybridized carbons (Fsp3) is 0.308. The Morgan fingerprint density at radius 3 is 1.86 bits per heavy atom. The predicted octanol–water partition coefficient (Wildman–Crippen LogP) is 6.66. The minimum absolute atomic E-state index is 0.0516. The van der Waals surface area contributed by atoms with Crippen molar-refractivity contribution in [2.75, 3.05) is 6.54 Å². The van der Waals surface area contributed by atoms with Crippen LogP contribution in [0.25, 0.3) is 20.9 Å². The molecule has 0 saturated carbocycles. The average molecular weight is 503 g/mol. The zero-order valence-corrected chi connectivity index (χ0v) is 20.3. The van der Waals surface area contributed by atoms with Crippen molar-refractivity contribution >= 4 is 11.8 Å². The molecule has 3 unspecified atom stereocenters. The summed E-state index contributed by atoms with van der Waals surface area (Å²) in [4.78, 5) is 6.99. The monoisotopic (exact) mass is 502 g/mol. The molecule has 4 rings (SSSR count). The Morgan fingerprint density at radius 1 is 0.750 bits per heavy atom. The third kappa shape index (κ3) is 7.02. The molecule has 0 N–H and O–H groups in total. The van der Waals surface area contributed by atoms with Crippen molar-refractivity contribution in [3.8, 4) is 0 Å². The van der Waals surface area contributed by atoms with Crippen LogP contribution in [0.2, 0.25) is 0 Å². The van der Waals surface area contributed by atoms with Gasteiger partial charge in [0.1, 0.15) is 17.6 Å². The van der Waals surface area contributed by atoms with Crippen LogP contribution in [0, 0.1) is 0 Å². The molecular formula is C26H26N6O3S. The fourth-order valence-electron chi connectivity index (χ4n) is 3.99. The molecule has 184 valence electrons. The quantitative estimate of drug-likeness (QED) is 0.165. The molecule has 1 aliphatic heterocycles. The lowest BCUT2D eigenvalue weighted by Gasteiger charge is -2.44. The van der Waals surface area contributed by atoms with Crippen LogP contribution < -0.4 is 0 Å². The third-order valence-corrected chi connectivity index (χ3v) is 6.86. The summed E-state index contributed by atoms with van der Waals surface area (Å²) in [6.07, 6.45) is -1.88. The maximum absolute atomic E-state index is 9.44. The highest BCUT2D eigenvalue weighted by atomic mass is 32.2. The topological polar surface area (TPSA) is 125 Å². The Labute approximate surface area is 213 Å². The van der Waals surface area contributed by atoms with Gasteiger partial charge in [0.05, 0.1) is 32.0 Å². The summed E-state index contributed by atoms with van der Waals surface area (Å²) in [5, 5.41) is 7.87. The van der Waals surface area contributed by atoms with E-state index in [2.05, 4.69) is 20.1 Å². The summed E-state index contributed by atoms with van der Waals surface area (Å²) in [5.41, 5.74) is 19.8. The van der Waals surface area contributed by atoms with Crippen LogP contribution in [0.5, 0.6) is 0 Å². The summed E-state index contributed by atoms with van der Waals surface area (Å²) >= 11 is 1.43. The Morgan fingerprint density at radius 2 is 1.31 bits per heavy atom. The predicted molar refractivity (Wildman–Crippen MR) is 138 cm³/mol. The number of hydrogen-bond acceptors (Lipinski definition) is 6. The van der Waals surface area contributed by atoms with E-state index in [0.717, 1.165) is 16.0 Å². The molecule has 3 aromatic rings. The lowest BCUT2D eigenvalue weighted by Crippen LogP contribution is -2.58. The van der Waals surface area contributed by atoms with Gasteiger partial charge in [0.2, 0.25) is 0 Å². The smallest absolute Gasteiger partial charge is 0.119 e. The van der Waals surface area contributed by atoms with Crippen LogP contribution >= 0.6 is 11.8 Å². The second kappa shape index (κ2) is 13.6. The molecule has 0 aromatic heterocycles. The zero-order valence-electron chi connectivity index (χ0n) is 19.5. The first-order valence-corrected chi connectivity index (χ1v) is 12.4. The van der Waals surface area contributed by atoms with Crippen molar-refractivity contribution in [3.05, 3.63) is 123 Å². The Hall–Kier alpha value is -3.49. The summed E-state index contributed by atoms with van der Waals surface area (Å²) < 4.78 is 19.1. The van der Waals surface area contributed by atoms with Crippen molar-refractivity contribution in [2.24, 2.45) is 10.2 Å². The van der Waals surface area contributed by atoms with Gasteiger partial charge >= 0.3 is 0 Å². The third-order valence-electron chi connectivity index (χ3n) is 5.69. The minimum atomic E-state index is -0.688. The molecule has 0 bridgehead atoms. The zero-order chi connectivity index (χ0) is 25.0. The molecule has 36 heavy (non-hydrogen) atoms. The minimum Gasteiger partial charge on any atom is -0.370 e. The average Bonchev–Trinajstić information content (AvgIpc) is 2.93. The van der Waals surface area contributed by atoms with Gasteiger partial charge in [0, 0.05) is 14.7 Å². The number of azide groups is 2. The molecule has 0 spiro atoms. The molecule has 1 saturated heterocycles. The van der Waals surface area contributed by atoms with E-state index in [-0.39, 0.29) is 6.54 Å². The van der Waals surface area contributed by atoms with Crippen molar-refractivity contribution in [2.45, 2.75) is 47.9 Å². The molecule has 0 radical (unpaired) electrons. The molecule has 3 aromatic carbocycles.